The highest BCUT2D eigenvalue weighted by Crippen LogP contribution is 2.10. The number of nitrogens with zero attached hydrogens (tertiary/aromatic N) is 2. The standard InChI is InChI=1S/C9H15N3O2S/c1-15(13,14)7-2-4-8(10)9-11-5-3-6-12-9/h3,5-6,8H,2,4,7,10H2,1H3. The van der Waals surface area contributed by atoms with E-state index in [9.17, 15) is 8.42 Å². The van der Waals surface area contributed by atoms with Crippen LogP contribution in [0.25, 0.3) is 0 Å². The lowest BCUT2D eigenvalue weighted by Gasteiger charge is -2.08. The van der Waals surface area contributed by atoms with Crippen molar-refractivity contribution in [2.24, 2.45) is 5.73 Å². The van der Waals surface area contributed by atoms with E-state index in [0.29, 0.717) is 18.7 Å². The van der Waals surface area contributed by atoms with Gasteiger partial charge in [0.05, 0.1) is 6.04 Å². The van der Waals surface area contributed by atoms with Crippen molar-refractivity contribution in [2.45, 2.75) is 18.9 Å². The molecule has 0 radical (unpaired) electrons. The molecule has 1 heterocycles. The van der Waals surface area contributed by atoms with Gasteiger partial charge in [0.25, 0.3) is 0 Å². The number of nitrogens with two attached hydrogens (primary N) is 1. The molecule has 5 nitrogen and oxygen atoms in total. The van der Waals surface area contributed by atoms with Crippen molar-refractivity contribution < 1.29 is 8.42 Å². The number of hydrogen-bond donors (Lipinski definition) is 1. The molecule has 0 saturated carbocycles. The molecule has 6 heteroatoms. The Kier molecular flexibility index (Phi) is 4.16. The topological polar surface area (TPSA) is 85.9 Å². The van der Waals surface area contributed by atoms with Crippen LogP contribution in [0.15, 0.2) is 18.5 Å². The van der Waals surface area contributed by atoms with E-state index >= 15 is 0 Å². The Morgan fingerprint density at radius 1 is 1.40 bits per heavy atom. The molecule has 0 spiro atoms. The van der Waals surface area contributed by atoms with Crippen LogP contribution < -0.4 is 5.73 Å². The molecule has 0 bridgehead atoms. The third-order valence-electron chi connectivity index (χ3n) is 1.95. The molecule has 0 fully saturated rings. The van der Waals surface area contributed by atoms with Crippen LogP contribution in [-0.2, 0) is 9.84 Å². The zero-order chi connectivity index (χ0) is 11.3. The van der Waals surface area contributed by atoms with Gasteiger partial charge < -0.3 is 5.73 Å². The predicted molar refractivity (Wildman–Crippen MR) is 57.9 cm³/mol. The fourth-order valence-corrected chi connectivity index (χ4v) is 1.89. The Bertz CT molecular complexity index is 391. The number of rotatable bonds is 5. The second-order valence-corrected chi connectivity index (χ2v) is 5.75. The molecule has 1 aromatic rings. The Morgan fingerprint density at radius 2 is 2.00 bits per heavy atom. The van der Waals surface area contributed by atoms with Crippen LogP contribution in [0.1, 0.15) is 24.7 Å². The second kappa shape index (κ2) is 5.18. The molecule has 1 rings (SSSR count). The molecule has 0 aliphatic heterocycles. The summed E-state index contributed by atoms with van der Waals surface area (Å²) in [6, 6.07) is 1.43. The SMILES string of the molecule is CS(=O)(=O)CCCC(N)c1ncccn1. The summed E-state index contributed by atoms with van der Waals surface area (Å²) in [5.74, 6) is 0.721. The summed E-state index contributed by atoms with van der Waals surface area (Å²) in [6.45, 7) is 0. The van der Waals surface area contributed by atoms with E-state index in [0.717, 1.165) is 0 Å². The quantitative estimate of drug-likeness (QED) is 0.784. The van der Waals surface area contributed by atoms with Crippen LogP contribution in [-0.4, -0.2) is 30.4 Å². The zero-order valence-electron chi connectivity index (χ0n) is 8.63. The van der Waals surface area contributed by atoms with Crippen LogP contribution in [0, 0.1) is 0 Å². The van der Waals surface area contributed by atoms with Crippen LogP contribution in [0.5, 0.6) is 0 Å². The first-order valence-corrected chi connectivity index (χ1v) is 6.75. The van der Waals surface area contributed by atoms with Crippen LogP contribution in [0.3, 0.4) is 0 Å². The highest BCUT2D eigenvalue weighted by Gasteiger charge is 2.09. The van der Waals surface area contributed by atoms with E-state index < -0.39 is 9.84 Å². The molecule has 1 atom stereocenters. The number of aromatic nitrogens is 2. The Hall–Kier alpha value is -1.01. The summed E-state index contributed by atoms with van der Waals surface area (Å²) < 4.78 is 21.8. The summed E-state index contributed by atoms with van der Waals surface area (Å²) in [5, 5.41) is 0. The smallest absolute Gasteiger partial charge is 0.147 e. The van der Waals surface area contributed by atoms with Crippen LogP contribution >= 0.6 is 0 Å². The van der Waals surface area contributed by atoms with Crippen molar-refractivity contribution in [2.75, 3.05) is 12.0 Å². The molecular weight excluding hydrogens is 214 g/mol. The maximum Gasteiger partial charge on any atom is 0.147 e. The average molecular weight is 229 g/mol. The van der Waals surface area contributed by atoms with Gasteiger partial charge >= 0.3 is 0 Å². The summed E-state index contributed by atoms with van der Waals surface area (Å²) >= 11 is 0. The first-order valence-electron chi connectivity index (χ1n) is 4.69. The van der Waals surface area contributed by atoms with Gasteiger partial charge in [-0.05, 0) is 18.9 Å². The predicted octanol–water partition coefficient (Wildman–Crippen LogP) is 0.301. The first kappa shape index (κ1) is 12.1. The molecule has 15 heavy (non-hydrogen) atoms. The molecule has 2 N–H and O–H groups in total. The highest BCUT2D eigenvalue weighted by molar-refractivity contribution is 7.90. The van der Waals surface area contributed by atoms with Gasteiger partial charge in [-0.3, -0.25) is 0 Å². The molecule has 0 aliphatic carbocycles. The van der Waals surface area contributed by atoms with Crippen molar-refractivity contribution >= 4 is 9.84 Å². The van der Waals surface area contributed by atoms with Gasteiger partial charge in [0.1, 0.15) is 15.7 Å². The Morgan fingerprint density at radius 3 is 2.53 bits per heavy atom. The van der Waals surface area contributed by atoms with Crippen LogP contribution in [0.2, 0.25) is 0 Å². The van der Waals surface area contributed by atoms with Gasteiger partial charge in [0.2, 0.25) is 0 Å². The molecule has 84 valence electrons. The summed E-state index contributed by atoms with van der Waals surface area (Å²) in [5.41, 5.74) is 5.80. The lowest BCUT2D eigenvalue weighted by Crippen LogP contribution is -2.15. The molecule has 0 amide bonds. The van der Waals surface area contributed by atoms with Gasteiger partial charge in [-0.2, -0.15) is 0 Å². The highest BCUT2D eigenvalue weighted by atomic mass is 32.2. The Balaban J connectivity index is 2.41. The third-order valence-corrected chi connectivity index (χ3v) is 2.98. The van der Waals surface area contributed by atoms with Gasteiger partial charge in [0.15, 0.2) is 0 Å². The maximum atomic E-state index is 10.9. The summed E-state index contributed by atoms with van der Waals surface area (Å²) in [7, 11) is -2.90. The molecule has 0 saturated heterocycles. The minimum atomic E-state index is -2.90. The molecule has 1 aromatic heterocycles. The van der Waals surface area contributed by atoms with Gasteiger partial charge in [-0.25, -0.2) is 18.4 Å². The first-order chi connectivity index (χ1) is 6.99. The largest absolute Gasteiger partial charge is 0.321 e. The second-order valence-electron chi connectivity index (χ2n) is 3.49. The van der Waals surface area contributed by atoms with Crippen molar-refractivity contribution in [3.05, 3.63) is 24.3 Å². The van der Waals surface area contributed by atoms with E-state index in [2.05, 4.69) is 9.97 Å². The average Bonchev–Trinajstić information content (AvgIpc) is 2.17. The number of hydrogen-bond acceptors (Lipinski definition) is 5. The van der Waals surface area contributed by atoms with E-state index in [4.69, 9.17) is 5.73 Å². The van der Waals surface area contributed by atoms with Crippen molar-refractivity contribution in [1.82, 2.24) is 9.97 Å². The molecule has 0 aromatic carbocycles. The van der Waals surface area contributed by atoms with E-state index in [1.54, 1.807) is 18.5 Å². The monoisotopic (exact) mass is 229 g/mol. The van der Waals surface area contributed by atoms with E-state index in [1.165, 1.54) is 6.26 Å². The zero-order valence-corrected chi connectivity index (χ0v) is 9.44. The normalized spacial score (nSPS) is 13.7. The fourth-order valence-electron chi connectivity index (χ4n) is 1.20. The lowest BCUT2D eigenvalue weighted by atomic mass is 10.2. The number of sulfone groups is 1. The minimum absolute atomic E-state index is 0.160. The minimum Gasteiger partial charge on any atom is -0.321 e. The van der Waals surface area contributed by atoms with Gasteiger partial charge in [0, 0.05) is 24.4 Å². The Labute approximate surface area is 89.7 Å². The maximum absolute atomic E-state index is 10.9. The van der Waals surface area contributed by atoms with Crippen LogP contribution in [0.4, 0.5) is 0 Å². The lowest BCUT2D eigenvalue weighted by molar-refractivity contribution is 0.577. The molecular formula is C9H15N3O2S. The van der Waals surface area contributed by atoms with E-state index in [-0.39, 0.29) is 11.8 Å². The summed E-state index contributed by atoms with van der Waals surface area (Å²) in [4.78, 5) is 8.02. The fraction of sp³-hybridized carbons (Fsp3) is 0.556. The van der Waals surface area contributed by atoms with Gasteiger partial charge in [-0.15, -0.1) is 0 Å². The van der Waals surface area contributed by atoms with Crippen molar-refractivity contribution in [3.63, 3.8) is 0 Å². The third kappa shape index (κ3) is 4.85. The van der Waals surface area contributed by atoms with Gasteiger partial charge in [-0.1, -0.05) is 0 Å². The summed E-state index contributed by atoms with van der Waals surface area (Å²) in [6.07, 6.45) is 5.59. The van der Waals surface area contributed by atoms with Crippen molar-refractivity contribution in [1.29, 1.82) is 0 Å². The molecule has 1 unspecified atom stereocenters. The van der Waals surface area contributed by atoms with Crippen molar-refractivity contribution in [3.8, 4) is 0 Å². The molecule has 0 aliphatic rings. The van der Waals surface area contributed by atoms with E-state index in [1.807, 2.05) is 0 Å².